The van der Waals surface area contributed by atoms with Gasteiger partial charge < -0.3 is 25.2 Å². The fourth-order valence-electron chi connectivity index (χ4n) is 2.56. The summed E-state index contributed by atoms with van der Waals surface area (Å²) in [4.78, 5) is 4.24. The van der Waals surface area contributed by atoms with E-state index in [1.807, 2.05) is 30.3 Å². The number of hydrogen-bond acceptors (Lipinski definition) is 4. The molecule has 0 aliphatic heterocycles. The number of guanidine groups is 1. The van der Waals surface area contributed by atoms with Crippen molar-refractivity contribution in [2.75, 3.05) is 27.8 Å². The first-order valence-electron chi connectivity index (χ1n) is 8.59. The Bertz CT molecular complexity index is 715. The molecular formula is C20H27N3O3. The number of phenolic OH excluding ortho intramolecular Hbond substituents is 1. The second kappa shape index (κ2) is 10.2. The summed E-state index contributed by atoms with van der Waals surface area (Å²) in [5.41, 5.74) is 2.23. The van der Waals surface area contributed by atoms with Crippen LogP contribution in [-0.4, -0.2) is 38.9 Å². The van der Waals surface area contributed by atoms with Gasteiger partial charge in [0.15, 0.2) is 5.96 Å². The molecule has 3 N–H and O–H groups in total. The van der Waals surface area contributed by atoms with Crippen LogP contribution >= 0.6 is 0 Å². The second-order valence-corrected chi connectivity index (χ2v) is 5.80. The number of ether oxygens (including phenoxy) is 2. The average molecular weight is 357 g/mol. The maximum atomic E-state index is 9.30. The molecule has 0 bridgehead atoms. The summed E-state index contributed by atoms with van der Waals surface area (Å²) in [6, 6.07) is 13.1. The van der Waals surface area contributed by atoms with Gasteiger partial charge in [0.2, 0.25) is 0 Å². The largest absolute Gasteiger partial charge is 0.508 e. The van der Waals surface area contributed by atoms with E-state index in [1.54, 1.807) is 33.4 Å². The number of nitrogens with zero attached hydrogens (tertiary/aromatic N) is 1. The molecule has 6 nitrogen and oxygen atoms in total. The Labute approximate surface area is 154 Å². The SMILES string of the molecule is CN=C(NCCCc1ccc(O)cc1)NCc1ccc(OC)cc1OC. The molecule has 6 heteroatoms. The highest BCUT2D eigenvalue weighted by molar-refractivity contribution is 5.79. The van der Waals surface area contributed by atoms with E-state index in [0.29, 0.717) is 12.3 Å². The highest BCUT2D eigenvalue weighted by Gasteiger charge is 2.06. The van der Waals surface area contributed by atoms with Crippen molar-refractivity contribution in [3.63, 3.8) is 0 Å². The third-order valence-corrected chi connectivity index (χ3v) is 4.04. The summed E-state index contributed by atoms with van der Waals surface area (Å²) in [6.07, 6.45) is 1.91. The van der Waals surface area contributed by atoms with E-state index in [0.717, 1.165) is 42.4 Å². The first kappa shape index (κ1) is 19.4. The summed E-state index contributed by atoms with van der Waals surface area (Å²) in [6.45, 7) is 1.41. The summed E-state index contributed by atoms with van der Waals surface area (Å²) in [7, 11) is 5.03. The molecule has 2 aromatic rings. The molecule has 0 aliphatic carbocycles. The molecule has 0 saturated heterocycles. The number of benzene rings is 2. The lowest BCUT2D eigenvalue weighted by Crippen LogP contribution is -2.37. The van der Waals surface area contributed by atoms with E-state index in [-0.39, 0.29) is 0 Å². The van der Waals surface area contributed by atoms with Gasteiger partial charge in [-0.1, -0.05) is 12.1 Å². The number of aryl methyl sites for hydroxylation is 1. The lowest BCUT2D eigenvalue weighted by atomic mass is 10.1. The van der Waals surface area contributed by atoms with Gasteiger partial charge in [0.1, 0.15) is 17.2 Å². The van der Waals surface area contributed by atoms with Crippen molar-refractivity contribution < 1.29 is 14.6 Å². The van der Waals surface area contributed by atoms with Gasteiger partial charge in [0, 0.05) is 31.8 Å². The zero-order chi connectivity index (χ0) is 18.8. The van der Waals surface area contributed by atoms with Crippen LogP contribution in [0, 0.1) is 0 Å². The third-order valence-electron chi connectivity index (χ3n) is 4.04. The standard InChI is InChI=1S/C20H27N3O3/c1-21-20(22-12-4-5-15-6-9-17(24)10-7-15)23-14-16-8-11-18(25-2)13-19(16)26-3/h6-11,13,24H,4-5,12,14H2,1-3H3,(H2,21,22,23). The Kier molecular flexibility index (Phi) is 7.61. The molecular weight excluding hydrogens is 330 g/mol. The van der Waals surface area contributed by atoms with Crippen molar-refractivity contribution >= 4 is 5.96 Å². The van der Waals surface area contributed by atoms with Crippen molar-refractivity contribution in [1.29, 1.82) is 0 Å². The molecule has 0 aliphatic rings. The van der Waals surface area contributed by atoms with Gasteiger partial charge in [-0.25, -0.2) is 0 Å². The Morgan fingerprint density at radius 3 is 2.46 bits per heavy atom. The minimum Gasteiger partial charge on any atom is -0.508 e. The van der Waals surface area contributed by atoms with Crippen LogP contribution in [0.1, 0.15) is 17.5 Å². The fraction of sp³-hybridized carbons (Fsp3) is 0.350. The maximum Gasteiger partial charge on any atom is 0.191 e. The first-order chi connectivity index (χ1) is 12.7. The maximum absolute atomic E-state index is 9.30. The van der Waals surface area contributed by atoms with E-state index in [1.165, 1.54) is 5.56 Å². The number of methoxy groups -OCH3 is 2. The molecule has 0 saturated carbocycles. The van der Waals surface area contributed by atoms with E-state index < -0.39 is 0 Å². The molecule has 0 heterocycles. The number of nitrogens with one attached hydrogen (secondary N) is 2. The second-order valence-electron chi connectivity index (χ2n) is 5.80. The van der Waals surface area contributed by atoms with Crippen molar-refractivity contribution in [1.82, 2.24) is 10.6 Å². The van der Waals surface area contributed by atoms with E-state index in [2.05, 4.69) is 15.6 Å². The number of aliphatic imine (C=N–C) groups is 1. The van der Waals surface area contributed by atoms with Crippen LogP contribution in [0.15, 0.2) is 47.5 Å². The highest BCUT2D eigenvalue weighted by Crippen LogP contribution is 2.24. The smallest absolute Gasteiger partial charge is 0.191 e. The fourth-order valence-corrected chi connectivity index (χ4v) is 2.56. The number of phenols is 1. The van der Waals surface area contributed by atoms with Crippen LogP contribution in [0.25, 0.3) is 0 Å². The van der Waals surface area contributed by atoms with Crippen LogP contribution < -0.4 is 20.1 Å². The van der Waals surface area contributed by atoms with E-state index in [4.69, 9.17) is 9.47 Å². The minimum atomic E-state index is 0.297. The predicted molar refractivity (Wildman–Crippen MR) is 104 cm³/mol. The molecule has 0 amide bonds. The summed E-state index contributed by atoms with van der Waals surface area (Å²) in [5.74, 6) is 2.58. The van der Waals surface area contributed by atoms with Crippen LogP contribution in [0.2, 0.25) is 0 Å². The predicted octanol–water partition coefficient (Wildman–Crippen LogP) is 2.71. The van der Waals surface area contributed by atoms with Gasteiger partial charge in [-0.2, -0.15) is 0 Å². The number of aromatic hydroxyl groups is 1. The highest BCUT2D eigenvalue weighted by atomic mass is 16.5. The topological polar surface area (TPSA) is 75.1 Å². The van der Waals surface area contributed by atoms with Crippen molar-refractivity contribution in [3.8, 4) is 17.2 Å². The van der Waals surface area contributed by atoms with Crippen molar-refractivity contribution in [3.05, 3.63) is 53.6 Å². The summed E-state index contributed by atoms with van der Waals surface area (Å²) < 4.78 is 10.6. The van der Waals surface area contributed by atoms with Crippen LogP contribution in [0.5, 0.6) is 17.2 Å². The Morgan fingerprint density at radius 2 is 1.81 bits per heavy atom. The van der Waals surface area contributed by atoms with Crippen LogP contribution in [0.4, 0.5) is 0 Å². The zero-order valence-corrected chi connectivity index (χ0v) is 15.6. The third kappa shape index (κ3) is 5.88. The molecule has 26 heavy (non-hydrogen) atoms. The Hall–Kier alpha value is -2.89. The molecule has 2 aromatic carbocycles. The molecule has 2 rings (SSSR count). The summed E-state index contributed by atoms with van der Waals surface area (Å²) in [5, 5.41) is 15.9. The van der Waals surface area contributed by atoms with E-state index >= 15 is 0 Å². The quantitative estimate of drug-likeness (QED) is 0.385. The van der Waals surface area contributed by atoms with Crippen LogP contribution in [-0.2, 0) is 13.0 Å². The van der Waals surface area contributed by atoms with Gasteiger partial charge in [-0.3, -0.25) is 4.99 Å². The molecule has 0 unspecified atom stereocenters. The molecule has 0 aromatic heterocycles. The van der Waals surface area contributed by atoms with Crippen molar-refractivity contribution in [2.24, 2.45) is 4.99 Å². The summed E-state index contributed by atoms with van der Waals surface area (Å²) >= 11 is 0. The molecule has 140 valence electrons. The normalized spacial score (nSPS) is 11.1. The van der Waals surface area contributed by atoms with Crippen LogP contribution in [0.3, 0.4) is 0 Å². The molecule has 0 spiro atoms. The van der Waals surface area contributed by atoms with Gasteiger partial charge in [-0.15, -0.1) is 0 Å². The van der Waals surface area contributed by atoms with Crippen molar-refractivity contribution in [2.45, 2.75) is 19.4 Å². The molecule has 0 radical (unpaired) electrons. The average Bonchev–Trinajstić information content (AvgIpc) is 2.68. The Balaban J connectivity index is 1.78. The first-order valence-corrected chi connectivity index (χ1v) is 8.59. The zero-order valence-electron chi connectivity index (χ0n) is 15.6. The van der Waals surface area contributed by atoms with Gasteiger partial charge in [-0.05, 0) is 42.7 Å². The lowest BCUT2D eigenvalue weighted by Gasteiger charge is -2.14. The Morgan fingerprint density at radius 1 is 1.04 bits per heavy atom. The molecule has 0 atom stereocenters. The van der Waals surface area contributed by atoms with E-state index in [9.17, 15) is 5.11 Å². The lowest BCUT2D eigenvalue weighted by molar-refractivity contribution is 0.390. The number of rotatable bonds is 8. The van der Waals surface area contributed by atoms with Gasteiger partial charge >= 0.3 is 0 Å². The molecule has 0 fully saturated rings. The van der Waals surface area contributed by atoms with Gasteiger partial charge in [0.05, 0.1) is 14.2 Å². The minimum absolute atomic E-state index is 0.297. The number of hydrogen-bond donors (Lipinski definition) is 3. The monoisotopic (exact) mass is 357 g/mol. The van der Waals surface area contributed by atoms with Gasteiger partial charge in [0.25, 0.3) is 0 Å².